The molecule has 0 saturated carbocycles. The Kier molecular flexibility index (Phi) is 5.66. The highest BCUT2D eigenvalue weighted by atomic mass is 35.5. The Morgan fingerprint density at radius 1 is 1.53 bits per heavy atom. The Morgan fingerprint density at radius 2 is 2.16 bits per heavy atom. The van der Waals surface area contributed by atoms with Crippen LogP contribution in [0.25, 0.3) is 0 Å². The average Bonchev–Trinajstić information content (AvgIpc) is 2.35. The fraction of sp³-hybridized carbons (Fsp3) is 0.364. The van der Waals surface area contributed by atoms with E-state index >= 15 is 0 Å². The SMILES string of the molecule is CSC(C)CNS(=O)(=O)c1ccc(C(=O)O)c(Cl)c1. The van der Waals surface area contributed by atoms with Gasteiger partial charge in [-0.2, -0.15) is 11.8 Å². The number of sulfonamides is 1. The van der Waals surface area contributed by atoms with Gasteiger partial charge in [-0.1, -0.05) is 18.5 Å². The molecule has 8 heteroatoms. The second kappa shape index (κ2) is 6.60. The fourth-order valence-electron chi connectivity index (χ4n) is 1.23. The van der Waals surface area contributed by atoms with Gasteiger partial charge in [0.05, 0.1) is 15.5 Å². The van der Waals surface area contributed by atoms with Crippen molar-refractivity contribution in [1.29, 1.82) is 0 Å². The zero-order valence-corrected chi connectivity index (χ0v) is 12.8. The second-order valence-corrected chi connectivity index (χ2v) is 7.30. The van der Waals surface area contributed by atoms with Crippen LogP contribution in [-0.2, 0) is 10.0 Å². The summed E-state index contributed by atoms with van der Waals surface area (Å²) in [7, 11) is -3.67. The quantitative estimate of drug-likeness (QED) is 0.837. The lowest BCUT2D eigenvalue weighted by Gasteiger charge is -2.11. The smallest absolute Gasteiger partial charge is 0.337 e. The molecular formula is C11H14ClNO4S2. The molecule has 1 atom stereocenters. The van der Waals surface area contributed by atoms with E-state index in [0.29, 0.717) is 6.54 Å². The van der Waals surface area contributed by atoms with E-state index in [9.17, 15) is 13.2 Å². The minimum Gasteiger partial charge on any atom is -0.478 e. The molecule has 0 aromatic heterocycles. The number of nitrogens with one attached hydrogen (secondary N) is 1. The molecule has 1 rings (SSSR count). The lowest BCUT2D eigenvalue weighted by Crippen LogP contribution is -2.29. The van der Waals surface area contributed by atoms with Crippen molar-refractivity contribution in [2.24, 2.45) is 0 Å². The first-order chi connectivity index (χ1) is 8.77. The first kappa shape index (κ1) is 16.3. The molecule has 0 aliphatic heterocycles. The van der Waals surface area contributed by atoms with E-state index in [4.69, 9.17) is 16.7 Å². The molecule has 5 nitrogen and oxygen atoms in total. The molecule has 0 heterocycles. The van der Waals surface area contributed by atoms with Crippen molar-refractivity contribution in [3.63, 3.8) is 0 Å². The second-order valence-electron chi connectivity index (χ2n) is 3.85. The molecule has 106 valence electrons. The number of hydrogen-bond donors (Lipinski definition) is 2. The van der Waals surface area contributed by atoms with Crippen molar-refractivity contribution in [1.82, 2.24) is 4.72 Å². The van der Waals surface area contributed by atoms with E-state index in [2.05, 4.69) is 4.72 Å². The summed E-state index contributed by atoms with van der Waals surface area (Å²) in [5.41, 5.74) is -0.127. The van der Waals surface area contributed by atoms with Gasteiger partial charge in [0.25, 0.3) is 0 Å². The van der Waals surface area contributed by atoms with Gasteiger partial charge in [-0.05, 0) is 24.5 Å². The number of aromatic carboxylic acids is 1. The third-order valence-electron chi connectivity index (χ3n) is 2.44. The zero-order valence-electron chi connectivity index (χ0n) is 10.4. The van der Waals surface area contributed by atoms with Gasteiger partial charge in [0.1, 0.15) is 0 Å². The van der Waals surface area contributed by atoms with Crippen LogP contribution >= 0.6 is 23.4 Å². The van der Waals surface area contributed by atoms with Crippen molar-refractivity contribution in [2.45, 2.75) is 17.1 Å². The predicted octanol–water partition coefficient (Wildman–Crippen LogP) is 2.07. The first-order valence-electron chi connectivity index (χ1n) is 5.33. The lowest BCUT2D eigenvalue weighted by atomic mass is 10.2. The fourth-order valence-corrected chi connectivity index (χ4v) is 3.07. The summed E-state index contributed by atoms with van der Waals surface area (Å²) >= 11 is 7.28. The summed E-state index contributed by atoms with van der Waals surface area (Å²) in [6, 6.07) is 3.54. The molecule has 0 bridgehead atoms. The van der Waals surface area contributed by atoms with Gasteiger partial charge in [-0.15, -0.1) is 0 Å². The highest BCUT2D eigenvalue weighted by Gasteiger charge is 2.18. The summed E-state index contributed by atoms with van der Waals surface area (Å²) in [6.07, 6.45) is 1.89. The Labute approximate surface area is 121 Å². The van der Waals surface area contributed by atoms with E-state index < -0.39 is 16.0 Å². The average molecular weight is 324 g/mol. The minimum absolute atomic E-state index is 0.0456. The third-order valence-corrected chi connectivity index (χ3v) is 5.15. The van der Waals surface area contributed by atoms with Gasteiger partial charge in [-0.3, -0.25) is 0 Å². The summed E-state index contributed by atoms with van der Waals surface area (Å²) in [4.78, 5) is 10.7. The number of hydrogen-bond acceptors (Lipinski definition) is 4. The van der Waals surface area contributed by atoms with E-state index in [1.807, 2.05) is 13.2 Å². The van der Waals surface area contributed by atoms with Gasteiger partial charge in [0.15, 0.2) is 0 Å². The number of thioether (sulfide) groups is 1. The molecule has 1 unspecified atom stereocenters. The van der Waals surface area contributed by atoms with E-state index in [0.717, 1.165) is 6.07 Å². The number of carboxylic acids is 1. The number of carboxylic acid groups (broad SMARTS) is 1. The van der Waals surface area contributed by atoms with Crippen LogP contribution in [0.15, 0.2) is 23.1 Å². The lowest BCUT2D eigenvalue weighted by molar-refractivity contribution is 0.0697. The Morgan fingerprint density at radius 3 is 2.63 bits per heavy atom. The molecule has 1 aromatic rings. The summed E-state index contributed by atoms with van der Waals surface area (Å²) < 4.78 is 26.4. The van der Waals surface area contributed by atoms with Gasteiger partial charge in [-0.25, -0.2) is 17.9 Å². The topological polar surface area (TPSA) is 83.5 Å². The molecule has 0 spiro atoms. The van der Waals surface area contributed by atoms with Crippen LogP contribution in [0.2, 0.25) is 5.02 Å². The Balaban J connectivity index is 2.96. The van der Waals surface area contributed by atoms with E-state index in [1.54, 1.807) is 0 Å². The molecule has 0 aliphatic carbocycles. The van der Waals surface area contributed by atoms with Crippen molar-refractivity contribution in [3.05, 3.63) is 28.8 Å². The molecule has 19 heavy (non-hydrogen) atoms. The zero-order chi connectivity index (χ0) is 14.6. The minimum atomic E-state index is -3.67. The van der Waals surface area contributed by atoms with Crippen LogP contribution in [0, 0.1) is 0 Å². The third kappa shape index (κ3) is 4.38. The number of rotatable bonds is 6. The van der Waals surface area contributed by atoms with Crippen molar-refractivity contribution < 1.29 is 18.3 Å². The monoisotopic (exact) mass is 323 g/mol. The Bertz CT molecular complexity index is 574. The van der Waals surface area contributed by atoms with Crippen molar-refractivity contribution in [2.75, 3.05) is 12.8 Å². The van der Waals surface area contributed by atoms with E-state index in [-0.39, 0.29) is 20.7 Å². The number of carbonyl (C=O) groups is 1. The molecule has 2 N–H and O–H groups in total. The molecule has 0 radical (unpaired) electrons. The molecule has 1 aromatic carbocycles. The maximum atomic E-state index is 12.0. The maximum Gasteiger partial charge on any atom is 0.337 e. The van der Waals surface area contributed by atoms with Gasteiger partial charge < -0.3 is 5.11 Å². The van der Waals surface area contributed by atoms with Gasteiger partial charge in [0.2, 0.25) is 10.0 Å². The van der Waals surface area contributed by atoms with Crippen LogP contribution in [-0.4, -0.2) is 37.5 Å². The van der Waals surface area contributed by atoms with Crippen LogP contribution in [0.1, 0.15) is 17.3 Å². The van der Waals surface area contributed by atoms with Crippen LogP contribution < -0.4 is 4.72 Å². The normalized spacial score (nSPS) is 13.2. The standard InChI is InChI=1S/C11H14ClNO4S2/c1-7(18-2)6-13-19(16,17)8-3-4-9(11(14)15)10(12)5-8/h3-5,7,13H,6H2,1-2H3,(H,14,15). The molecular weight excluding hydrogens is 310 g/mol. The molecule has 0 amide bonds. The molecule has 0 saturated heterocycles. The predicted molar refractivity (Wildman–Crippen MR) is 76.6 cm³/mol. The van der Waals surface area contributed by atoms with Crippen LogP contribution in [0.3, 0.4) is 0 Å². The van der Waals surface area contributed by atoms with Gasteiger partial charge >= 0.3 is 5.97 Å². The molecule has 0 aliphatic rings. The summed E-state index contributed by atoms with van der Waals surface area (Å²) in [5, 5.41) is 8.85. The highest BCUT2D eigenvalue weighted by Crippen LogP contribution is 2.21. The van der Waals surface area contributed by atoms with Crippen LogP contribution in [0.4, 0.5) is 0 Å². The maximum absolute atomic E-state index is 12.0. The summed E-state index contributed by atoms with van der Waals surface area (Å²) in [5.74, 6) is -1.20. The Hall–Kier alpha value is -0.760. The van der Waals surface area contributed by atoms with Crippen LogP contribution in [0.5, 0.6) is 0 Å². The largest absolute Gasteiger partial charge is 0.478 e. The molecule has 0 fully saturated rings. The first-order valence-corrected chi connectivity index (χ1v) is 8.48. The van der Waals surface area contributed by atoms with Crippen molar-refractivity contribution >= 4 is 39.4 Å². The number of halogens is 1. The van der Waals surface area contributed by atoms with E-state index in [1.165, 1.54) is 23.9 Å². The van der Waals surface area contributed by atoms with Gasteiger partial charge in [0, 0.05) is 11.8 Å². The highest BCUT2D eigenvalue weighted by molar-refractivity contribution is 7.99. The van der Waals surface area contributed by atoms with Crippen molar-refractivity contribution in [3.8, 4) is 0 Å². The summed E-state index contributed by atoms with van der Waals surface area (Å²) in [6.45, 7) is 2.19. The number of benzene rings is 1.